The van der Waals surface area contributed by atoms with E-state index in [0.29, 0.717) is 0 Å². The number of benzene rings is 1. The van der Waals surface area contributed by atoms with Gasteiger partial charge in [-0.3, -0.25) is 9.88 Å². The first kappa shape index (κ1) is 17.7. The van der Waals surface area contributed by atoms with Gasteiger partial charge in [0.05, 0.1) is 5.52 Å². The van der Waals surface area contributed by atoms with Crippen molar-refractivity contribution >= 4 is 22.5 Å². The smallest absolute Gasteiger partial charge is 0.225 e. The molecular formula is C21H26N6. The minimum absolute atomic E-state index is 0.839. The Morgan fingerprint density at radius 2 is 1.78 bits per heavy atom. The van der Waals surface area contributed by atoms with Gasteiger partial charge in [-0.05, 0) is 24.6 Å². The van der Waals surface area contributed by atoms with E-state index in [0.717, 1.165) is 62.8 Å². The van der Waals surface area contributed by atoms with Crippen molar-refractivity contribution in [3.63, 3.8) is 0 Å². The Bertz CT molecular complexity index is 874. The summed E-state index contributed by atoms with van der Waals surface area (Å²) in [5.41, 5.74) is 3.39. The predicted octanol–water partition coefficient (Wildman–Crippen LogP) is 2.82. The van der Waals surface area contributed by atoms with Crippen molar-refractivity contribution in [1.82, 2.24) is 19.9 Å². The lowest BCUT2D eigenvalue weighted by Crippen LogP contribution is -2.48. The van der Waals surface area contributed by atoms with Gasteiger partial charge in [0.2, 0.25) is 5.95 Å². The lowest BCUT2D eigenvalue weighted by molar-refractivity contribution is 0.266. The molecule has 0 amide bonds. The van der Waals surface area contributed by atoms with Crippen molar-refractivity contribution in [3.05, 3.63) is 54.5 Å². The van der Waals surface area contributed by atoms with Crippen molar-refractivity contribution in [3.8, 4) is 0 Å². The van der Waals surface area contributed by atoms with Crippen LogP contribution in [-0.4, -0.2) is 59.1 Å². The van der Waals surface area contributed by atoms with Crippen molar-refractivity contribution in [2.24, 2.45) is 0 Å². The summed E-state index contributed by atoms with van der Waals surface area (Å²) in [5.74, 6) is 0.839. The molecule has 0 bridgehead atoms. The van der Waals surface area contributed by atoms with E-state index >= 15 is 0 Å². The molecule has 0 spiro atoms. The summed E-state index contributed by atoms with van der Waals surface area (Å²) in [6, 6.07) is 12.4. The van der Waals surface area contributed by atoms with E-state index in [2.05, 4.69) is 62.3 Å². The molecule has 6 heteroatoms. The van der Waals surface area contributed by atoms with E-state index in [9.17, 15) is 0 Å². The van der Waals surface area contributed by atoms with Gasteiger partial charge in [-0.1, -0.05) is 25.1 Å². The summed E-state index contributed by atoms with van der Waals surface area (Å²) in [6.07, 6.45) is 4.56. The van der Waals surface area contributed by atoms with Crippen molar-refractivity contribution < 1.29 is 0 Å². The lowest BCUT2D eigenvalue weighted by atomic mass is 10.1. The maximum atomic E-state index is 4.72. The molecular weight excluding hydrogens is 336 g/mol. The molecule has 0 saturated carbocycles. The fraction of sp³-hybridized carbons (Fsp3) is 0.381. The van der Waals surface area contributed by atoms with Crippen LogP contribution in [0.3, 0.4) is 0 Å². The summed E-state index contributed by atoms with van der Waals surface area (Å²) in [6.45, 7) is 8.14. The van der Waals surface area contributed by atoms with Gasteiger partial charge in [0.15, 0.2) is 0 Å². The molecule has 3 aromatic rings. The number of pyridine rings is 1. The zero-order chi connectivity index (χ0) is 18.5. The highest BCUT2D eigenvalue weighted by atomic mass is 15.3. The molecule has 1 aliphatic rings. The fourth-order valence-electron chi connectivity index (χ4n) is 3.53. The van der Waals surface area contributed by atoms with Gasteiger partial charge in [-0.2, -0.15) is 0 Å². The standard InChI is InChI=1S/C21H26N6/c1-2-17-16-20(18-6-3-4-7-19(18)25-17)22-10-11-26-12-14-27(15-13-26)21-23-8-5-9-24-21/h3-9,16H,2,10-15H2,1H3,(H,22,25). The third-order valence-electron chi connectivity index (χ3n) is 5.08. The van der Waals surface area contributed by atoms with E-state index in [1.54, 1.807) is 0 Å². The minimum atomic E-state index is 0.839. The summed E-state index contributed by atoms with van der Waals surface area (Å²) in [7, 11) is 0. The van der Waals surface area contributed by atoms with Crippen LogP contribution in [0.5, 0.6) is 0 Å². The van der Waals surface area contributed by atoms with Gasteiger partial charge in [0.25, 0.3) is 0 Å². The minimum Gasteiger partial charge on any atom is -0.383 e. The molecule has 1 saturated heterocycles. The van der Waals surface area contributed by atoms with Crippen LogP contribution in [-0.2, 0) is 6.42 Å². The van der Waals surface area contributed by atoms with Crippen LogP contribution < -0.4 is 10.2 Å². The number of aromatic nitrogens is 3. The number of nitrogens with zero attached hydrogens (tertiary/aromatic N) is 5. The van der Waals surface area contributed by atoms with Gasteiger partial charge in [-0.15, -0.1) is 0 Å². The number of aryl methyl sites for hydroxylation is 1. The number of fused-ring (bicyclic) bond motifs is 1. The first-order valence-electron chi connectivity index (χ1n) is 9.70. The highest BCUT2D eigenvalue weighted by molar-refractivity contribution is 5.91. The van der Waals surface area contributed by atoms with Crippen LogP contribution >= 0.6 is 0 Å². The van der Waals surface area contributed by atoms with E-state index in [1.165, 1.54) is 11.1 Å². The Hall–Kier alpha value is -2.73. The van der Waals surface area contributed by atoms with E-state index in [1.807, 2.05) is 18.5 Å². The van der Waals surface area contributed by atoms with Crippen LogP contribution in [0.4, 0.5) is 11.6 Å². The second kappa shape index (κ2) is 8.31. The van der Waals surface area contributed by atoms with Crippen molar-refractivity contribution in [2.45, 2.75) is 13.3 Å². The molecule has 0 radical (unpaired) electrons. The topological polar surface area (TPSA) is 57.2 Å². The predicted molar refractivity (Wildman–Crippen MR) is 110 cm³/mol. The van der Waals surface area contributed by atoms with Crippen molar-refractivity contribution in [1.29, 1.82) is 0 Å². The molecule has 3 heterocycles. The quantitative estimate of drug-likeness (QED) is 0.728. The summed E-state index contributed by atoms with van der Waals surface area (Å²) < 4.78 is 0. The molecule has 1 fully saturated rings. The highest BCUT2D eigenvalue weighted by Gasteiger charge is 2.18. The second-order valence-corrected chi connectivity index (χ2v) is 6.84. The molecule has 1 aromatic carbocycles. The molecule has 1 aliphatic heterocycles. The van der Waals surface area contributed by atoms with Crippen LogP contribution in [0.2, 0.25) is 0 Å². The molecule has 140 valence electrons. The number of anilines is 2. The molecule has 0 aliphatic carbocycles. The first-order valence-corrected chi connectivity index (χ1v) is 9.70. The summed E-state index contributed by atoms with van der Waals surface area (Å²) in [5, 5.41) is 4.83. The molecule has 0 atom stereocenters. The summed E-state index contributed by atoms with van der Waals surface area (Å²) in [4.78, 5) is 18.2. The Kier molecular flexibility index (Phi) is 5.44. The zero-order valence-corrected chi connectivity index (χ0v) is 15.8. The molecule has 1 N–H and O–H groups in total. The third kappa shape index (κ3) is 4.17. The van der Waals surface area contributed by atoms with E-state index < -0.39 is 0 Å². The van der Waals surface area contributed by atoms with Crippen LogP contribution in [0.15, 0.2) is 48.8 Å². The number of nitrogens with one attached hydrogen (secondary N) is 1. The normalized spacial score (nSPS) is 15.2. The monoisotopic (exact) mass is 362 g/mol. The van der Waals surface area contributed by atoms with Crippen LogP contribution in [0.1, 0.15) is 12.6 Å². The van der Waals surface area contributed by atoms with E-state index in [4.69, 9.17) is 4.98 Å². The number of hydrogen-bond donors (Lipinski definition) is 1. The fourth-order valence-corrected chi connectivity index (χ4v) is 3.53. The number of piperazine rings is 1. The third-order valence-corrected chi connectivity index (χ3v) is 5.08. The van der Waals surface area contributed by atoms with Crippen molar-refractivity contribution in [2.75, 3.05) is 49.5 Å². The Labute approximate surface area is 160 Å². The zero-order valence-electron chi connectivity index (χ0n) is 15.8. The van der Waals surface area contributed by atoms with Gasteiger partial charge < -0.3 is 10.2 Å². The van der Waals surface area contributed by atoms with Gasteiger partial charge >= 0.3 is 0 Å². The number of para-hydroxylation sites is 1. The Morgan fingerprint density at radius 3 is 2.56 bits per heavy atom. The summed E-state index contributed by atoms with van der Waals surface area (Å²) >= 11 is 0. The Balaban J connectivity index is 1.33. The maximum Gasteiger partial charge on any atom is 0.225 e. The first-order chi connectivity index (χ1) is 13.3. The lowest BCUT2D eigenvalue weighted by Gasteiger charge is -2.34. The SMILES string of the molecule is CCc1cc(NCCN2CCN(c3ncccn3)CC2)c2ccccc2n1. The highest BCUT2D eigenvalue weighted by Crippen LogP contribution is 2.23. The Morgan fingerprint density at radius 1 is 1.00 bits per heavy atom. The maximum absolute atomic E-state index is 4.72. The average Bonchev–Trinajstić information content (AvgIpc) is 2.74. The van der Waals surface area contributed by atoms with Crippen LogP contribution in [0.25, 0.3) is 10.9 Å². The molecule has 0 unspecified atom stereocenters. The van der Waals surface area contributed by atoms with Gasteiger partial charge in [0.1, 0.15) is 0 Å². The van der Waals surface area contributed by atoms with Gasteiger partial charge in [0, 0.05) is 68.4 Å². The second-order valence-electron chi connectivity index (χ2n) is 6.84. The molecule has 27 heavy (non-hydrogen) atoms. The number of rotatable bonds is 6. The van der Waals surface area contributed by atoms with E-state index in [-0.39, 0.29) is 0 Å². The largest absolute Gasteiger partial charge is 0.383 e. The van der Waals surface area contributed by atoms with Crippen LogP contribution in [0, 0.1) is 0 Å². The molecule has 2 aromatic heterocycles. The number of hydrogen-bond acceptors (Lipinski definition) is 6. The average molecular weight is 362 g/mol. The molecule has 4 rings (SSSR count). The molecule has 6 nitrogen and oxygen atoms in total. The van der Waals surface area contributed by atoms with Gasteiger partial charge in [-0.25, -0.2) is 9.97 Å².